The average Bonchev–Trinajstić information content (AvgIpc) is 2.76. The van der Waals surface area contributed by atoms with E-state index in [2.05, 4.69) is 10.6 Å². The molecule has 1 aliphatic rings. The van der Waals surface area contributed by atoms with Crippen molar-refractivity contribution in [3.8, 4) is 0 Å². The minimum atomic E-state index is -0.476. The lowest BCUT2D eigenvalue weighted by molar-refractivity contribution is -0.384. The van der Waals surface area contributed by atoms with Crippen molar-refractivity contribution in [1.82, 2.24) is 4.90 Å². The van der Waals surface area contributed by atoms with Crippen molar-refractivity contribution in [2.24, 2.45) is 0 Å². The fourth-order valence-corrected chi connectivity index (χ4v) is 3.61. The van der Waals surface area contributed by atoms with E-state index in [0.717, 1.165) is 0 Å². The van der Waals surface area contributed by atoms with Crippen LogP contribution in [0.25, 0.3) is 12.2 Å². The summed E-state index contributed by atoms with van der Waals surface area (Å²) in [7, 11) is 5.06. The summed E-state index contributed by atoms with van der Waals surface area (Å²) in [5.74, 6) is -0.191. The van der Waals surface area contributed by atoms with Gasteiger partial charge in [0.2, 0.25) is 0 Å². The van der Waals surface area contributed by atoms with Crippen molar-refractivity contribution in [3.05, 3.63) is 78.9 Å². The molecule has 0 atom stereocenters. The summed E-state index contributed by atoms with van der Waals surface area (Å²) in [4.78, 5) is 36.7. The zero-order valence-electron chi connectivity index (χ0n) is 17.9. The second-order valence-electron chi connectivity index (χ2n) is 7.41. The number of ketones is 1. The SMILES string of the molecule is CNc1ccc(/C=C2\CN(C)C/C(=C\c3ccc(NC)c([N+](=O)[O-])c3)C2=O)cc1[N+](=O)[O-]. The van der Waals surface area contributed by atoms with E-state index in [9.17, 15) is 25.0 Å². The van der Waals surface area contributed by atoms with Crippen LogP contribution in [-0.4, -0.2) is 54.8 Å². The Labute approximate surface area is 184 Å². The van der Waals surface area contributed by atoms with Gasteiger partial charge in [0.05, 0.1) is 9.85 Å². The Bertz CT molecular complexity index is 1070. The molecular formula is C22H23N5O5. The number of carbonyl (C=O) groups excluding carboxylic acids is 1. The molecule has 1 fully saturated rings. The Hall–Kier alpha value is -4.05. The molecule has 1 saturated heterocycles. The predicted octanol–water partition coefficient (Wildman–Crippen LogP) is 3.57. The number of likely N-dealkylation sites (N-methyl/N-ethyl adjacent to an activating group) is 1. The first-order valence-corrected chi connectivity index (χ1v) is 9.80. The first-order valence-electron chi connectivity index (χ1n) is 9.80. The third-order valence-electron chi connectivity index (χ3n) is 5.12. The van der Waals surface area contributed by atoms with Crippen molar-refractivity contribution < 1.29 is 14.6 Å². The minimum absolute atomic E-state index is 0.0776. The minimum Gasteiger partial charge on any atom is -0.383 e. The number of nitro groups is 2. The van der Waals surface area contributed by atoms with Crippen LogP contribution in [0, 0.1) is 20.2 Å². The lowest BCUT2D eigenvalue weighted by Crippen LogP contribution is -2.34. The van der Waals surface area contributed by atoms with Gasteiger partial charge in [-0.3, -0.25) is 29.9 Å². The van der Waals surface area contributed by atoms with Gasteiger partial charge in [-0.1, -0.05) is 12.1 Å². The van der Waals surface area contributed by atoms with E-state index in [1.54, 1.807) is 50.5 Å². The molecule has 166 valence electrons. The number of nitro benzene ring substituents is 2. The summed E-state index contributed by atoms with van der Waals surface area (Å²) < 4.78 is 0. The molecule has 1 aliphatic heterocycles. The molecule has 10 heteroatoms. The van der Waals surface area contributed by atoms with E-state index >= 15 is 0 Å². The second kappa shape index (κ2) is 9.40. The molecule has 3 rings (SSSR count). The smallest absolute Gasteiger partial charge is 0.292 e. The molecule has 0 unspecified atom stereocenters. The second-order valence-corrected chi connectivity index (χ2v) is 7.41. The van der Waals surface area contributed by atoms with Crippen LogP contribution in [0.5, 0.6) is 0 Å². The highest BCUT2D eigenvalue weighted by molar-refractivity contribution is 6.14. The van der Waals surface area contributed by atoms with E-state index in [1.165, 1.54) is 12.1 Å². The van der Waals surface area contributed by atoms with E-state index in [-0.39, 0.29) is 17.2 Å². The maximum atomic E-state index is 13.1. The van der Waals surface area contributed by atoms with Crippen LogP contribution in [0.15, 0.2) is 47.5 Å². The highest BCUT2D eigenvalue weighted by Gasteiger charge is 2.25. The zero-order valence-corrected chi connectivity index (χ0v) is 17.9. The molecular weight excluding hydrogens is 414 g/mol. The highest BCUT2D eigenvalue weighted by atomic mass is 16.6. The molecule has 0 saturated carbocycles. The van der Waals surface area contributed by atoms with Crippen LogP contribution in [0.1, 0.15) is 11.1 Å². The van der Waals surface area contributed by atoms with Gasteiger partial charge in [0.1, 0.15) is 11.4 Å². The van der Waals surface area contributed by atoms with E-state index in [1.807, 2.05) is 11.9 Å². The maximum Gasteiger partial charge on any atom is 0.292 e. The molecule has 0 aromatic heterocycles. The largest absolute Gasteiger partial charge is 0.383 e. The number of Topliss-reactive ketones (excluding diaryl/α,β-unsaturated/α-hetero) is 1. The summed E-state index contributed by atoms with van der Waals surface area (Å²) in [5.41, 5.74) is 2.67. The molecule has 10 nitrogen and oxygen atoms in total. The van der Waals surface area contributed by atoms with Gasteiger partial charge in [-0.15, -0.1) is 0 Å². The first-order chi connectivity index (χ1) is 15.2. The van der Waals surface area contributed by atoms with Crippen LogP contribution in [-0.2, 0) is 4.79 Å². The van der Waals surface area contributed by atoms with Crippen LogP contribution >= 0.6 is 0 Å². The standard InChI is InChI=1S/C22H23N5O5/c1-23-18-6-4-14(10-20(18)26(29)30)8-16-12-25(3)13-17(22(16)28)9-15-5-7-19(24-2)21(11-15)27(31)32/h4-11,23-24H,12-13H2,1-3H3/b16-8+,17-9+. The summed E-state index contributed by atoms with van der Waals surface area (Å²) in [6.07, 6.45) is 3.29. The Kier molecular flexibility index (Phi) is 6.64. The Morgan fingerprint density at radius 3 is 1.59 bits per heavy atom. The molecule has 0 radical (unpaired) electrons. The van der Waals surface area contributed by atoms with Crippen LogP contribution in [0.2, 0.25) is 0 Å². The summed E-state index contributed by atoms with van der Waals surface area (Å²) >= 11 is 0. The van der Waals surface area contributed by atoms with Gasteiger partial charge >= 0.3 is 0 Å². The number of nitrogens with zero attached hydrogens (tertiary/aromatic N) is 3. The maximum absolute atomic E-state index is 13.1. The number of hydrogen-bond acceptors (Lipinski definition) is 8. The zero-order chi connectivity index (χ0) is 23.4. The third kappa shape index (κ3) is 4.81. The van der Waals surface area contributed by atoms with Gasteiger partial charge in [-0.2, -0.15) is 0 Å². The number of piperidine rings is 1. The Morgan fingerprint density at radius 1 is 0.844 bits per heavy atom. The summed E-state index contributed by atoms with van der Waals surface area (Å²) in [5, 5.41) is 28.2. The van der Waals surface area contributed by atoms with Crippen molar-refractivity contribution in [2.45, 2.75) is 0 Å². The fraction of sp³-hybridized carbons (Fsp3) is 0.227. The monoisotopic (exact) mass is 437 g/mol. The molecule has 2 aromatic rings. The molecule has 0 bridgehead atoms. The lowest BCUT2D eigenvalue weighted by Gasteiger charge is -2.26. The number of nitrogens with one attached hydrogen (secondary N) is 2. The quantitative estimate of drug-likeness (QED) is 0.398. The predicted molar refractivity (Wildman–Crippen MR) is 124 cm³/mol. The number of carbonyl (C=O) groups is 1. The Morgan fingerprint density at radius 2 is 1.25 bits per heavy atom. The van der Waals surface area contributed by atoms with Gasteiger partial charge in [-0.25, -0.2) is 0 Å². The van der Waals surface area contributed by atoms with Gasteiger partial charge in [0.25, 0.3) is 11.4 Å². The van der Waals surface area contributed by atoms with Crippen molar-refractivity contribution in [2.75, 3.05) is 44.9 Å². The van der Waals surface area contributed by atoms with Gasteiger partial charge < -0.3 is 10.6 Å². The molecule has 0 aliphatic carbocycles. The van der Waals surface area contributed by atoms with Crippen LogP contribution in [0.4, 0.5) is 22.7 Å². The van der Waals surface area contributed by atoms with Gasteiger partial charge in [0, 0.05) is 50.5 Å². The lowest BCUT2D eigenvalue weighted by atomic mass is 9.94. The summed E-state index contributed by atoms with van der Waals surface area (Å²) in [6.45, 7) is 0.771. The number of rotatable bonds is 6. The highest BCUT2D eigenvalue weighted by Crippen LogP contribution is 2.29. The molecule has 1 heterocycles. The summed E-state index contributed by atoms with van der Waals surface area (Å²) in [6, 6.07) is 9.45. The third-order valence-corrected chi connectivity index (χ3v) is 5.12. The molecule has 0 spiro atoms. The Balaban J connectivity index is 1.98. The average molecular weight is 437 g/mol. The number of anilines is 2. The van der Waals surface area contributed by atoms with Crippen molar-refractivity contribution in [1.29, 1.82) is 0 Å². The van der Waals surface area contributed by atoms with Gasteiger partial charge in [0.15, 0.2) is 5.78 Å². The fourth-order valence-electron chi connectivity index (χ4n) is 3.61. The van der Waals surface area contributed by atoms with E-state index in [4.69, 9.17) is 0 Å². The van der Waals surface area contributed by atoms with Crippen molar-refractivity contribution in [3.63, 3.8) is 0 Å². The number of hydrogen-bond donors (Lipinski definition) is 2. The number of benzene rings is 2. The normalized spacial score (nSPS) is 16.9. The van der Waals surface area contributed by atoms with Gasteiger partial charge in [-0.05, 0) is 42.5 Å². The van der Waals surface area contributed by atoms with Crippen LogP contribution < -0.4 is 10.6 Å². The molecule has 2 N–H and O–H groups in total. The van der Waals surface area contributed by atoms with Crippen molar-refractivity contribution >= 4 is 40.7 Å². The topological polar surface area (TPSA) is 131 Å². The molecule has 0 amide bonds. The molecule has 32 heavy (non-hydrogen) atoms. The van der Waals surface area contributed by atoms with Crippen LogP contribution in [0.3, 0.4) is 0 Å². The molecule has 2 aromatic carbocycles. The number of likely N-dealkylation sites (tertiary alicyclic amines) is 1. The first kappa shape index (κ1) is 22.6. The van der Waals surface area contributed by atoms with E-state index in [0.29, 0.717) is 46.7 Å². The van der Waals surface area contributed by atoms with E-state index < -0.39 is 9.85 Å².